The Bertz CT molecular complexity index is 304. The standard InChI is InChI=1S/C10H18N4.ClH/c1-9-10(7-12-13(9)2)8-14-5-3-11-4-6-14;/h7,11H,3-6,8H2,1-2H3;1H. The zero-order valence-corrected chi connectivity index (χ0v) is 10.2. The molecule has 0 saturated carbocycles. The first kappa shape index (κ1) is 12.5. The third-order valence-electron chi connectivity index (χ3n) is 2.94. The number of hydrogen-bond donors (Lipinski definition) is 1. The predicted molar refractivity (Wildman–Crippen MR) is 63.3 cm³/mol. The van der Waals surface area contributed by atoms with Crippen LogP contribution < -0.4 is 5.32 Å². The number of aromatic nitrogens is 2. The van der Waals surface area contributed by atoms with Crippen LogP contribution in [0.25, 0.3) is 0 Å². The van der Waals surface area contributed by atoms with Crippen LogP contribution in [-0.4, -0.2) is 40.9 Å². The molecule has 1 aliphatic heterocycles. The van der Waals surface area contributed by atoms with Crippen molar-refractivity contribution in [3.8, 4) is 0 Å². The summed E-state index contributed by atoms with van der Waals surface area (Å²) < 4.78 is 1.94. The van der Waals surface area contributed by atoms with E-state index in [-0.39, 0.29) is 12.4 Å². The lowest BCUT2D eigenvalue weighted by Crippen LogP contribution is -2.42. The molecule has 0 spiro atoms. The number of nitrogens with zero attached hydrogens (tertiary/aromatic N) is 3. The van der Waals surface area contributed by atoms with Gasteiger partial charge in [-0.2, -0.15) is 5.10 Å². The molecule has 1 aliphatic rings. The molecule has 0 aliphatic carbocycles. The molecule has 1 saturated heterocycles. The van der Waals surface area contributed by atoms with Crippen LogP contribution in [0.15, 0.2) is 6.20 Å². The average molecular weight is 231 g/mol. The molecule has 2 rings (SSSR count). The van der Waals surface area contributed by atoms with E-state index >= 15 is 0 Å². The Morgan fingerprint density at radius 3 is 2.60 bits per heavy atom. The SMILES string of the molecule is Cc1c(CN2CCNCC2)cnn1C.Cl. The molecule has 0 bridgehead atoms. The Morgan fingerprint density at radius 2 is 2.07 bits per heavy atom. The number of halogens is 1. The zero-order valence-electron chi connectivity index (χ0n) is 9.36. The molecule has 5 heteroatoms. The van der Waals surface area contributed by atoms with Gasteiger partial charge in [-0.3, -0.25) is 9.58 Å². The summed E-state index contributed by atoms with van der Waals surface area (Å²) in [6.45, 7) is 7.69. The summed E-state index contributed by atoms with van der Waals surface area (Å²) >= 11 is 0. The van der Waals surface area contributed by atoms with Crippen molar-refractivity contribution >= 4 is 12.4 Å². The van der Waals surface area contributed by atoms with Crippen LogP contribution in [0.1, 0.15) is 11.3 Å². The van der Waals surface area contributed by atoms with E-state index < -0.39 is 0 Å². The van der Waals surface area contributed by atoms with Gasteiger partial charge in [0.05, 0.1) is 6.20 Å². The van der Waals surface area contributed by atoms with Crippen LogP contribution in [-0.2, 0) is 13.6 Å². The van der Waals surface area contributed by atoms with Gasteiger partial charge in [0.25, 0.3) is 0 Å². The summed E-state index contributed by atoms with van der Waals surface area (Å²) in [5.41, 5.74) is 2.64. The molecule has 86 valence electrons. The molecule has 1 aromatic rings. The van der Waals surface area contributed by atoms with Gasteiger partial charge in [-0.25, -0.2) is 0 Å². The lowest BCUT2D eigenvalue weighted by molar-refractivity contribution is 0.233. The molecule has 0 amide bonds. The third-order valence-corrected chi connectivity index (χ3v) is 2.94. The van der Waals surface area contributed by atoms with E-state index in [1.807, 2.05) is 17.9 Å². The summed E-state index contributed by atoms with van der Waals surface area (Å²) in [5, 5.41) is 7.61. The van der Waals surface area contributed by atoms with Gasteiger partial charge >= 0.3 is 0 Å². The topological polar surface area (TPSA) is 33.1 Å². The van der Waals surface area contributed by atoms with Gasteiger partial charge in [0.1, 0.15) is 0 Å². The van der Waals surface area contributed by atoms with Crippen molar-refractivity contribution in [2.24, 2.45) is 7.05 Å². The monoisotopic (exact) mass is 230 g/mol. The minimum Gasteiger partial charge on any atom is -0.314 e. The van der Waals surface area contributed by atoms with Gasteiger partial charge in [-0.05, 0) is 6.92 Å². The molecular formula is C10H19ClN4. The highest BCUT2D eigenvalue weighted by molar-refractivity contribution is 5.85. The molecule has 4 nitrogen and oxygen atoms in total. The lowest BCUT2D eigenvalue weighted by Gasteiger charge is -2.26. The second-order valence-electron chi connectivity index (χ2n) is 3.90. The molecule has 0 atom stereocenters. The molecule has 15 heavy (non-hydrogen) atoms. The van der Waals surface area contributed by atoms with E-state index in [0.29, 0.717) is 0 Å². The van der Waals surface area contributed by atoms with E-state index in [1.165, 1.54) is 11.3 Å². The Balaban J connectivity index is 0.00000112. The summed E-state index contributed by atoms with van der Waals surface area (Å²) in [7, 11) is 2.00. The Labute approximate surface area is 97.1 Å². The van der Waals surface area contributed by atoms with Crippen molar-refractivity contribution in [2.45, 2.75) is 13.5 Å². The Kier molecular flexibility index (Phi) is 4.57. The Morgan fingerprint density at radius 1 is 1.40 bits per heavy atom. The maximum atomic E-state index is 4.26. The average Bonchev–Trinajstić information content (AvgIpc) is 2.52. The van der Waals surface area contributed by atoms with Crippen LogP contribution in [0.5, 0.6) is 0 Å². The fraction of sp³-hybridized carbons (Fsp3) is 0.700. The van der Waals surface area contributed by atoms with E-state index in [0.717, 1.165) is 32.7 Å². The van der Waals surface area contributed by atoms with Gasteiger partial charge in [0.2, 0.25) is 0 Å². The number of piperazine rings is 1. The fourth-order valence-corrected chi connectivity index (χ4v) is 1.81. The predicted octanol–water partition coefficient (Wildman–Crippen LogP) is 0.556. The number of rotatable bonds is 2. The molecule has 0 unspecified atom stereocenters. The second-order valence-corrected chi connectivity index (χ2v) is 3.90. The number of nitrogens with one attached hydrogen (secondary N) is 1. The molecule has 0 aromatic carbocycles. The van der Waals surface area contributed by atoms with Crippen molar-refractivity contribution in [3.63, 3.8) is 0 Å². The molecular weight excluding hydrogens is 212 g/mol. The zero-order chi connectivity index (χ0) is 9.97. The smallest absolute Gasteiger partial charge is 0.0537 e. The maximum absolute atomic E-state index is 4.26. The summed E-state index contributed by atoms with van der Waals surface area (Å²) in [4.78, 5) is 2.47. The van der Waals surface area contributed by atoms with Crippen LogP contribution in [0, 0.1) is 6.92 Å². The highest BCUT2D eigenvalue weighted by atomic mass is 35.5. The van der Waals surface area contributed by atoms with Gasteiger partial charge in [0, 0.05) is 51.0 Å². The van der Waals surface area contributed by atoms with Gasteiger partial charge in [0.15, 0.2) is 0 Å². The maximum Gasteiger partial charge on any atom is 0.0537 e. The Hall–Kier alpha value is -0.580. The largest absolute Gasteiger partial charge is 0.314 e. The van der Waals surface area contributed by atoms with Crippen molar-refractivity contribution in [1.29, 1.82) is 0 Å². The van der Waals surface area contributed by atoms with Crippen molar-refractivity contribution in [1.82, 2.24) is 20.0 Å². The normalized spacial score (nSPS) is 17.5. The molecule has 0 radical (unpaired) electrons. The minimum atomic E-state index is 0. The van der Waals surface area contributed by atoms with Crippen LogP contribution in [0.2, 0.25) is 0 Å². The van der Waals surface area contributed by atoms with Gasteiger partial charge in [-0.15, -0.1) is 12.4 Å². The minimum absolute atomic E-state index is 0. The van der Waals surface area contributed by atoms with E-state index in [4.69, 9.17) is 0 Å². The quantitative estimate of drug-likeness (QED) is 0.806. The van der Waals surface area contributed by atoms with Crippen molar-refractivity contribution in [3.05, 3.63) is 17.5 Å². The van der Waals surface area contributed by atoms with Crippen LogP contribution in [0.3, 0.4) is 0 Å². The van der Waals surface area contributed by atoms with Crippen LogP contribution in [0.4, 0.5) is 0 Å². The first-order valence-corrected chi connectivity index (χ1v) is 5.18. The highest BCUT2D eigenvalue weighted by Gasteiger charge is 2.12. The summed E-state index contributed by atoms with van der Waals surface area (Å²) in [6.07, 6.45) is 1.98. The molecule has 1 fully saturated rings. The van der Waals surface area contributed by atoms with Gasteiger partial charge in [-0.1, -0.05) is 0 Å². The molecule has 2 heterocycles. The first-order valence-electron chi connectivity index (χ1n) is 5.18. The van der Waals surface area contributed by atoms with E-state index in [2.05, 4.69) is 22.2 Å². The third kappa shape index (κ3) is 2.93. The molecule has 1 aromatic heterocycles. The van der Waals surface area contributed by atoms with Gasteiger partial charge < -0.3 is 5.32 Å². The highest BCUT2D eigenvalue weighted by Crippen LogP contribution is 2.09. The van der Waals surface area contributed by atoms with E-state index in [1.54, 1.807) is 0 Å². The molecule has 1 N–H and O–H groups in total. The van der Waals surface area contributed by atoms with Crippen molar-refractivity contribution < 1.29 is 0 Å². The summed E-state index contributed by atoms with van der Waals surface area (Å²) in [6, 6.07) is 0. The lowest BCUT2D eigenvalue weighted by atomic mass is 10.2. The van der Waals surface area contributed by atoms with Crippen molar-refractivity contribution in [2.75, 3.05) is 26.2 Å². The number of hydrogen-bond acceptors (Lipinski definition) is 3. The summed E-state index contributed by atoms with van der Waals surface area (Å²) in [5.74, 6) is 0. The first-order chi connectivity index (χ1) is 6.77. The fourth-order valence-electron chi connectivity index (χ4n) is 1.81. The second kappa shape index (κ2) is 5.49. The van der Waals surface area contributed by atoms with Crippen LogP contribution >= 0.6 is 12.4 Å². The number of aryl methyl sites for hydroxylation is 1. The van der Waals surface area contributed by atoms with E-state index in [9.17, 15) is 0 Å².